The predicted octanol–water partition coefficient (Wildman–Crippen LogP) is 5.36. The van der Waals surface area contributed by atoms with E-state index in [1.165, 1.54) is 46.6 Å². The van der Waals surface area contributed by atoms with Crippen LogP contribution in [0.25, 0.3) is 5.82 Å². The first-order valence-corrected chi connectivity index (χ1v) is 12.8. The first-order chi connectivity index (χ1) is 16.7. The fourth-order valence-electron chi connectivity index (χ4n) is 4.70. The summed E-state index contributed by atoms with van der Waals surface area (Å²) in [6, 6.07) is 4.12. The molecule has 5 rings (SSSR count). The minimum atomic E-state index is -3.26. The summed E-state index contributed by atoms with van der Waals surface area (Å²) in [6.07, 6.45) is 2.47. The second-order valence-electron chi connectivity index (χ2n) is 9.19. The van der Waals surface area contributed by atoms with Crippen molar-refractivity contribution in [2.24, 2.45) is 0 Å². The highest BCUT2D eigenvalue weighted by Crippen LogP contribution is 2.55. The molecule has 0 unspecified atom stereocenters. The molecule has 3 aromatic heterocycles. The zero-order chi connectivity index (χ0) is 24.8. The van der Waals surface area contributed by atoms with Gasteiger partial charge < -0.3 is 14.8 Å². The summed E-state index contributed by atoms with van der Waals surface area (Å²) < 4.78 is 59.6. The monoisotopic (exact) mass is 526 g/mol. The number of nitrogens with zero attached hydrogens (tertiary/aromatic N) is 3. The van der Waals surface area contributed by atoms with Gasteiger partial charge in [0.2, 0.25) is 0 Å². The van der Waals surface area contributed by atoms with Crippen LogP contribution < -0.4 is 5.32 Å². The average Bonchev–Trinajstić information content (AvgIpc) is 3.42. The van der Waals surface area contributed by atoms with Crippen LogP contribution in [0, 0.1) is 5.82 Å². The molecule has 11 heteroatoms. The van der Waals surface area contributed by atoms with Crippen LogP contribution in [0.4, 0.5) is 13.2 Å². The van der Waals surface area contributed by atoms with Gasteiger partial charge in [-0.3, -0.25) is 0 Å². The van der Waals surface area contributed by atoms with Crippen molar-refractivity contribution in [3.8, 4) is 5.82 Å². The molecule has 0 aromatic carbocycles. The summed E-state index contributed by atoms with van der Waals surface area (Å²) in [4.78, 5) is 4.57. The number of ether oxygens (including phenoxy) is 2. The van der Waals surface area contributed by atoms with E-state index in [1.54, 1.807) is 0 Å². The lowest BCUT2D eigenvalue weighted by Crippen LogP contribution is -2.52. The van der Waals surface area contributed by atoms with Crippen LogP contribution >= 0.6 is 22.9 Å². The summed E-state index contributed by atoms with van der Waals surface area (Å²) in [5, 5.41) is 7.71. The van der Waals surface area contributed by atoms with Crippen LogP contribution in [0.15, 0.2) is 30.6 Å². The molecule has 0 radical (unpaired) electrons. The number of alkyl halides is 2. The number of nitrogens with one attached hydrogen (secondary N) is 1. The largest absolute Gasteiger partial charge is 0.372 e. The van der Waals surface area contributed by atoms with E-state index in [0.717, 1.165) is 0 Å². The molecule has 6 nitrogen and oxygen atoms in total. The fourth-order valence-corrected chi connectivity index (χ4v) is 6.16. The molecule has 0 saturated carbocycles. The molecule has 0 aliphatic carbocycles. The molecule has 3 aromatic rings. The molecule has 1 saturated heterocycles. The molecule has 1 spiro atoms. The van der Waals surface area contributed by atoms with Crippen molar-refractivity contribution in [3.05, 3.63) is 62.4 Å². The molecular formula is C24H26ClF3N4O2S. The van der Waals surface area contributed by atoms with E-state index in [2.05, 4.69) is 15.4 Å². The van der Waals surface area contributed by atoms with Gasteiger partial charge in [0, 0.05) is 29.3 Å². The minimum Gasteiger partial charge on any atom is -0.372 e. The molecular weight excluding hydrogens is 501 g/mol. The Bertz CT molecular complexity index is 1210. The predicted molar refractivity (Wildman–Crippen MR) is 127 cm³/mol. The van der Waals surface area contributed by atoms with Crippen molar-refractivity contribution in [2.75, 3.05) is 13.1 Å². The van der Waals surface area contributed by atoms with Gasteiger partial charge >= 0.3 is 0 Å². The van der Waals surface area contributed by atoms with Crippen LogP contribution in [0.1, 0.15) is 48.4 Å². The van der Waals surface area contributed by atoms with Crippen molar-refractivity contribution in [2.45, 2.75) is 63.4 Å². The number of hydrogen-bond donors (Lipinski definition) is 1. The van der Waals surface area contributed by atoms with E-state index in [-0.39, 0.29) is 30.5 Å². The van der Waals surface area contributed by atoms with Gasteiger partial charge in [-0.05, 0) is 63.5 Å². The van der Waals surface area contributed by atoms with Gasteiger partial charge in [0.05, 0.1) is 22.7 Å². The Morgan fingerprint density at radius 1 is 1.34 bits per heavy atom. The molecule has 188 valence electrons. The van der Waals surface area contributed by atoms with Crippen LogP contribution in [-0.4, -0.2) is 40.1 Å². The van der Waals surface area contributed by atoms with Crippen molar-refractivity contribution in [1.29, 1.82) is 0 Å². The molecule has 2 aliphatic heterocycles. The second kappa shape index (κ2) is 9.48. The van der Waals surface area contributed by atoms with E-state index in [9.17, 15) is 4.39 Å². The Hall–Kier alpha value is -1.98. The second-order valence-corrected chi connectivity index (χ2v) is 10.9. The van der Waals surface area contributed by atoms with Crippen molar-refractivity contribution >= 4 is 22.9 Å². The van der Waals surface area contributed by atoms with Crippen molar-refractivity contribution in [3.63, 3.8) is 0 Å². The Labute approximate surface area is 210 Å². The summed E-state index contributed by atoms with van der Waals surface area (Å²) >= 11 is 7.38. The fraction of sp³-hybridized carbons (Fsp3) is 0.500. The van der Waals surface area contributed by atoms with Gasteiger partial charge in [-0.2, -0.15) is 13.9 Å². The minimum absolute atomic E-state index is 0.0115. The number of hydrogen-bond acceptors (Lipinski definition) is 6. The van der Waals surface area contributed by atoms with Crippen LogP contribution in [0.5, 0.6) is 0 Å². The maximum atomic E-state index is 15.8. The average molecular weight is 527 g/mol. The number of fused-ring (bicyclic) bond motifs is 2. The number of piperidine rings is 1. The molecule has 1 atom stereocenters. The molecule has 1 N–H and O–H groups in total. The Morgan fingerprint density at radius 3 is 2.83 bits per heavy atom. The number of thiophene rings is 1. The van der Waals surface area contributed by atoms with Gasteiger partial charge in [-0.15, -0.1) is 11.3 Å². The van der Waals surface area contributed by atoms with E-state index < -0.39 is 23.4 Å². The standard InChI is InChI=1S/C24H26ClF3N4O2S/c1-14(2)33-13-18-15(12-32(31-18)22-17(26)4-3-7-30-22)10-19-24(27,28)16-11-20(25)35-21(16)23(34-19)5-8-29-9-6-23/h3-4,7,11-12,14,19,29H,5-6,8-10,13H2,1-2H3/t19-/m1/s1. The molecule has 0 bridgehead atoms. The van der Waals surface area contributed by atoms with Gasteiger partial charge in [0.15, 0.2) is 11.6 Å². The third kappa shape index (κ3) is 4.62. The molecule has 35 heavy (non-hydrogen) atoms. The van der Waals surface area contributed by atoms with Crippen LogP contribution in [0.3, 0.4) is 0 Å². The number of halogens is 4. The first-order valence-electron chi connectivity index (χ1n) is 11.6. The molecule has 5 heterocycles. The summed E-state index contributed by atoms with van der Waals surface area (Å²) in [7, 11) is 0. The van der Waals surface area contributed by atoms with Crippen LogP contribution in [-0.2, 0) is 34.0 Å². The summed E-state index contributed by atoms with van der Waals surface area (Å²) in [5.74, 6) is -3.84. The third-order valence-electron chi connectivity index (χ3n) is 6.45. The van der Waals surface area contributed by atoms with E-state index in [0.29, 0.717) is 46.4 Å². The van der Waals surface area contributed by atoms with E-state index in [4.69, 9.17) is 21.1 Å². The highest BCUT2D eigenvalue weighted by atomic mass is 35.5. The van der Waals surface area contributed by atoms with Crippen LogP contribution in [0.2, 0.25) is 4.34 Å². The highest BCUT2D eigenvalue weighted by molar-refractivity contribution is 7.16. The maximum absolute atomic E-state index is 15.8. The number of pyridine rings is 1. The zero-order valence-corrected chi connectivity index (χ0v) is 20.9. The number of aromatic nitrogens is 3. The highest BCUT2D eigenvalue weighted by Gasteiger charge is 2.56. The SMILES string of the molecule is CC(C)OCc1nn(-c2ncccc2F)cc1C[C@H]1OC2(CCNCC2)c2sc(Cl)cc2C1(F)F. The lowest BCUT2D eigenvalue weighted by Gasteiger charge is -2.46. The van der Waals surface area contributed by atoms with Gasteiger partial charge in [0.25, 0.3) is 5.92 Å². The van der Waals surface area contributed by atoms with Crippen molar-refractivity contribution < 1.29 is 22.6 Å². The zero-order valence-electron chi connectivity index (χ0n) is 19.4. The topological polar surface area (TPSA) is 61.2 Å². The lowest BCUT2D eigenvalue weighted by molar-refractivity contribution is -0.227. The summed E-state index contributed by atoms with van der Waals surface area (Å²) in [6.45, 7) is 5.17. The normalized spacial score (nSPS) is 20.9. The van der Waals surface area contributed by atoms with Gasteiger partial charge in [0.1, 0.15) is 11.7 Å². The van der Waals surface area contributed by atoms with E-state index >= 15 is 8.78 Å². The first kappa shape index (κ1) is 24.7. The molecule has 2 aliphatic rings. The smallest absolute Gasteiger partial charge is 0.300 e. The maximum Gasteiger partial charge on any atom is 0.300 e. The Kier molecular flexibility index (Phi) is 6.69. The summed E-state index contributed by atoms with van der Waals surface area (Å²) in [5.41, 5.74) is 0.0577. The van der Waals surface area contributed by atoms with E-state index in [1.807, 2.05) is 13.8 Å². The third-order valence-corrected chi connectivity index (χ3v) is 7.90. The Morgan fingerprint density at radius 2 is 2.11 bits per heavy atom. The van der Waals surface area contributed by atoms with Gasteiger partial charge in [-0.25, -0.2) is 14.1 Å². The molecule has 1 fully saturated rings. The van der Waals surface area contributed by atoms with Gasteiger partial charge in [-0.1, -0.05) is 11.6 Å². The Balaban J connectivity index is 1.53. The quantitative estimate of drug-likeness (QED) is 0.468. The van der Waals surface area contributed by atoms with Crippen molar-refractivity contribution in [1.82, 2.24) is 20.1 Å². The lowest BCUT2D eigenvalue weighted by atomic mass is 9.82. The number of rotatable bonds is 6. The molecule has 0 amide bonds.